The summed E-state index contributed by atoms with van der Waals surface area (Å²) in [5, 5.41) is 5.83. The molecular weight excluding hydrogens is 274 g/mol. The summed E-state index contributed by atoms with van der Waals surface area (Å²) in [6, 6.07) is 2.94. The summed E-state index contributed by atoms with van der Waals surface area (Å²) in [7, 11) is 0.753. The minimum absolute atomic E-state index is 0.159. The Hall–Kier alpha value is -1.14. The zero-order valence-corrected chi connectivity index (χ0v) is 12.1. The second-order valence-corrected chi connectivity index (χ2v) is 5.80. The summed E-state index contributed by atoms with van der Waals surface area (Å²) in [4.78, 5) is 15.9. The summed E-state index contributed by atoms with van der Waals surface area (Å²) in [6.07, 6.45) is 1.60. The predicted molar refractivity (Wildman–Crippen MR) is 74.7 cm³/mol. The van der Waals surface area contributed by atoms with E-state index in [0.29, 0.717) is 17.1 Å². The van der Waals surface area contributed by atoms with Gasteiger partial charge in [0.2, 0.25) is 0 Å². The van der Waals surface area contributed by atoms with Crippen molar-refractivity contribution in [2.75, 3.05) is 24.4 Å². The Kier molecular flexibility index (Phi) is 5.55. The third kappa shape index (κ3) is 4.62. The first-order valence-electron chi connectivity index (χ1n) is 5.38. The van der Waals surface area contributed by atoms with Gasteiger partial charge in [-0.15, -0.1) is 0 Å². The molecule has 0 bridgehead atoms. The van der Waals surface area contributed by atoms with Gasteiger partial charge >= 0.3 is 0 Å². The van der Waals surface area contributed by atoms with Crippen LogP contribution in [0.15, 0.2) is 12.1 Å². The molecule has 0 aliphatic carbocycles. The number of hydrogen-bond acceptors (Lipinski definition) is 4. The lowest BCUT2D eigenvalue weighted by Gasteiger charge is -2.13. The third-order valence-corrected chi connectivity index (χ3v) is 3.34. The van der Waals surface area contributed by atoms with Crippen molar-refractivity contribution in [2.45, 2.75) is 13.0 Å². The molecule has 0 fully saturated rings. The number of nitrogens with one attached hydrogen (secondary N) is 2. The van der Waals surface area contributed by atoms with Crippen molar-refractivity contribution >= 4 is 34.1 Å². The number of carbonyl (C=O) groups is 1. The fraction of sp³-hybridized carbons (Fsp3) is 0.455. The first-order chi connectivity index (χ1) is 8.42. The third-order valence-electron chi connectivity index (χ3n) is 2.17. The van der Waals surface area contributed by atoms with Crippen LogP contribution < -0.4 is 10.6 Å². The minimum atomic E-state index is -0.944. The Bertz CT molecular complexity index is 468. The maximum atomic E-state index is 11.9. The van der Waals surface area contributed by atoms with E-state index in [4.69, 9.17) is 11.6 Å². The van der Waals surface area contributed by atoms with Crippen molar-refractivity contribution in [3.05, 3.63) is 22.8 Å². The van der Waals surface area contributed by atoms with Gasteiger partial charge in [-0.3, -0.25) is 9.00 Å². The Labute approximate surface area is 114 Å². The van der Waals surface area contributed by atoms with Crippen molar-refractivity contribution in [3.63, 3.8) is 0 Å². The van der Waals surface area contributed by atoms with Crippen LogP contribution in [-0.4, -0.2) is 40.2 Å². The van der Waals surface area contributed by atoms with Crippen LogP contribution in [-0.2, 0) is 10.8 Å². The fourth-order valence-corrected chi connectivity index (χ4v) is 2.45. The van der Waals surface area contributed by atoms with E-state index in [-0.39, 0.29) is 17.1 Å². The molecule has 0 saturated heterocycles. The second-order valence-electron chi connectivity index (χ2n) is 3.93. The summed E-state index contributed by atoms with van der Waals surface area (Å²) in [6.45, 7) is 1.81. The van der Waals surface area contributed by atoms with Crippen molar-refractivity contribution < 1.29 is 9.00 Å². The van der Waals surface area contributed by atoms with E-state index >= 15 is 0 Å². The number of carbonyl (C=O) groups excluding carboxylic acids is 1. The number of aromatic nitrogens is 1. The quantitative estimate of drug-likeness (QED) is 0.801. The number of amides is 1. The molecule has 7 heteroatoms. The molecule has 18 heavy (non-hydrogen) atoms. The Balaban J connectivity index is 2.77. The molecule has 1 aromatic rings. The van der Waals surface area contributed by atoms with Gasteiger partial charge in [0.1, 0.15) is 11.0 Å². The monoisotopic (exact) mass is 289 g/mol. The molecule has 1 aromatic heterocycles. The van der Waals surface area contributed by atoms with Gasteiger partial charge in [0.25, 0.3) is 5.91 Å². The van der Waals surface area contributed by atoms with Gasteiger partial charge in [-0.2, -0.15) is 0 Å². The average molecular weight is 290 g/mol. The van der Waals surface area contributed by atoms with E-state index in [1.54, 1.807) is 26.3 Å². The lowest BCUT2D eigenvalue weighted by molar-refractivity contribution is 0.0943. The highest BCUT2D eigenvalue weighted by Crippen LogP contribution is 2.14. The van der Waals surface area contributed by atoms with E-state index in [1.807, 2.05) is 0 Å². The molecule has 2 N–H and O–H groups in total. The summed E-state index contributed by atoms with van der Waals surface area (Å²) < 4.78 is 11.0. The number of anilines is 1. The van der Waals surface area contributed by atoms with Crippen LogP contribution in [0.1, 0.15) is 17.3 Å². The maximum absolute atomic E-state index is 11.9. The van der Waals surface area contributed by atoms with Gasteiger partial charge in [-0.05, 0) is 19.1 Å². The SMILES string of the molecule is CNc1cc(C(=O)NC(C)CS(C)=O)cc(Cl)n1. The molecule has 1 heterocycles. The molecule has 0 spiro atoms. The van der Waals surface area contributed by atoms with Crippen molar-refractivity contribution in [2.24, 2.45) is 0 Å². The maximum Gasteiger partial charge on any atom is 0.251 e. The van der Waals surface area contributed by atoms with E-state index < -0.39 is 10.8 Å². The smallest absolute Gasteiger partial charge is 0.251 e. The standard InChI is InChI=1S/C11H16ClN3O2S/c1-7(6-18(3)17)14-11(16)8-4-9(12)15-10(5-8)13-2/h4-5,7H,6H2,1-3H3,(H,13,15)(H,14,16). The van der Waals surface area contributed by atoms with E-state index in [1.165, 1.54) is 6.07 Å². The molecule has 1 amide bonds. The van der Waals surface area contributed by atoms with Crippen LogP contribution in [0.25, 0.3) is 0 Å². The van der Waals surface area contributed by atoms with E-state index in [9.17, 15) is 9.00 Å². The lowest BCUT2D eigenvalue weighted by Crippen LogP contribution is -2.36. The zero-order valence-electron chi connectivity index (χ0n) is 10.5. The first kappa shape index (κ1) is 14.9. The van der Waals surface area contributed by atoms with Gasteiger partial charge in [-0.1, -0.05) is 11.6 Å². The number of hydrogen-bond donors (Lipinski definition) is 2. The lowest BCUT2D eigenvalue weighted by atomic mass is 10.2. The van der Waals surface area contributed by atoms with Gasteiger partial charge in [0, 0.05) is 41.5 Å². The molecule has 1 rings (SSSR count). The molecular formula is C11H16ClN3O2S. The molecule has 2 atom stereocenters. The van der Waals surface area contributed by atoms with Crippen molar-refractivity contribution in [1.29, 1.82) is 0 Å². The van der Waals surface area contributed by atoms with Crippen LogP contribution in [0.3, 0.4) is 0 Å². The normalized spacial score (nSPS) is 13.8. The summed E-state index contributed by atoms with van der Waals surface area (Å²) in [5.74, 6) is 0.691. The van der Waals surface area contributed by atoms with Gasteiger partial charge < -0.3 is 10.6 Å². The number of halogens is 1. The van der Waals surface area contributed by atoms with Crippen LogP contribution >= 0.6 is 11.6 Å². The first-order valence-corrected chi connectivity index (χ1v) is 7.49. The Morgan fingerprint density at radius 1 is 1.56 bits per heavy atom. The van der Waals surface area contributed by atoms with E-state index in [2.05, 4.69) is 15.6 Å². The molecule has 0 aliphatic heterocycles. The summed E-state index contributed by atoms with van der Waals surface area (Å²) in [5.41, 5.74) is 0.424. The highest BCUT2D eigenvalue weighted by molar-refractivity contribution is 7.84. The van der Waals surface area contributed by atoms with Crippen LogP contribution in [0.5, 0.6) is 0 Å². The topological polar surface area (TPSA) is 71.1 Å². The minimum Gasteiger partial charge on any atom is -0.373 e. The Morgan fingerprint density at radius 3 is 2.78 bits per heavy atom. The summed E-state index contributed by atoms with van der Waals surface area (Å²) >= 11 is 5.81. The largest absolute Gasteiger partial charge is 0.373 e. The van der Waals surface area contributed by atoms with Crippen molar-refractivity contribution in [3.8, 4) is 0 Å². The number of nitrogens with zero attached hydrogens (tertiary/aromatic N) is 1. The molecule has 2 unspecified atom stereocenters. The highest BCUT2D eigenvalue weighted by Gasteiger charge is 2.12. The molecule has 5 nitrogen and oxygen atoms in total. The molecule has 0 saturated carbocycles. The fourth-order valence-electron chi connectivity index (χ4n) is 1.46. The van der Waals surface area contributed by atoms with Gasteiger partial charge in [0.15, 0.2) is 0 Å². The van der Waals surface area contributed by atoms with Crippen LogP contribution in [0, 0.1) is 0 Å². The molecule has 100 valence electrons. The van der Waals surface area contributed by atoms with Crippen LogP contribution in [0.2, 0.25) is 5.15 Å². The molecule has 0 aliphatic rings. The van der Waals surface area contributed by atoms with E-state index in [0.717, 1.165) is 0 Å². The Morgan fingerprint density at radius 2 is 2.22 bits per heavy atom. The highest BCUT2D eigenvalue weighted by atomic mass is 35.5. The molecule has 0 aromatic carbocycles. The van der Waals surface area contributed by atoms with Gasteiger partial charge in [0.05, 0.1) is 0 Å². The average Bonchev–Trinajstić information content (AvgIpc) is 2.26. The van der Waals surface area contributed by atoms with Gasteiger partial charge in [-0.25, -0.2) is 4.98 Å². The molecule has 0 radical (unpaired) electrons. The van der Waals surface area contributed by atoms with Crippen LogP contribution in [0.4, 0.5) is 5.82 Å². The number of rotatable bonds is 5. The van der Waals surface area contributed by atoms with Crippen molar-refractivity contribution in [1.82, 2.24) is 10.3 Å². The predicted octanol–water partition coefficient (Wildman–Crippen LogP) is 1.27. The number of pyridine rings is 1. The zero-order chi connectivity index (χ0) is 13.7. The second kappa shape index (κ2) is 6.70.